The molecule has 0 aliphatic carbocycles. The van der Waals surface area contributed by atoms with Gasteiger partial charge in [0.25, 0.3) is 0 Å². The van der Waals surface area contributed by atoms with Crippen molar-refractivity contribution in [3.63, 3.8) is 0 Å². The Bertz CT molecular complexity index is 715. The molecule has 0 radical (unpaired) electrons. The third kappa shape index (κ3) is 3.81. The predicted octanol–water partition coefficient (Wildman–Crippen LogP) is 2.10. The van der Waals surface area contributed by atoms with Crippen molar-refractivity contribution in [1.82, 2.24) is 14.9 Å². The fraction of sp³-hybridized carbons (Fsp3) is 0.389. The van der Waals surface area contributed by atoms with Gasteiger partial charge in [-0.15, -0.1) is 0 Å². The van der Waals surface area contributed by atoms with Gasteiger partial charge in [0.1, 0.15) is 17.7 Å². The lowest BCUT2D eigenvalue weighted by Gasteiger charge is -2.34. The van der Waals surface area contributed by atoms with Crippen LogP contribution in [0, 0.1) is 11.3 Å². The maximum absolute atomic E-state index is 9.12. The van der Waals surface area contributed by atoms with Gasteiger partial charge < -0.3 is 15.1 Å². The second-order valence-corrected chi connectivity index (χ2v) is 5.81. The zero-order valence-corrected chi connectivity index (χ0v) is 13.9. The summed E-state index contributed by atoms with van der Waals surface area (Å²) in [4.78, 5) is 13.5. The zero-order chi connectivity index (χ0) is 16.8. The largest absolute Gasteiger partial charge is 0.365 e. The summed E-state index contributed by atoms with van der Waals surface area (Å²) in [6.07, 6.45) is 3.54. The molecule has 2 aromatic rings. The van der Waals surface area contributed by atoms with Gasteiger partial charge >= 0.3 is 0 Å². The molecule has 1 aliphatic heterocycles. The summed E-state index contributed by atoms with van der Waals surface area (Å²) >= 11 is 0. The van der Waals surface area contributed by atoms with Crippen LogP contribution in [0.2, 0.25) is 0 Å². The predicted molar refractivity (Wildman–Crippen MR) is 94.8 cm³/mol. The van der Waals surface area contributed by atoms with E-state index >= 15 is 0 Å². The van der Waals surface area contributed by atoms with E-state index in [1.165, 1.54) is 0 Å². The fourth-order valence-electron chi connectivity index (χ4n) is 2.86. The first-order chi connectivity index (χ1) is 11.8. The second kappa shape index (κ2) is 7.75. The molecule has 124 valence electrons. The number of nitrogens with one attached hydrogen (secondary N) is 1. The molecule has 0 unspecified atom stereocenters. The molecular weight excluding hydrogens is 300 g/mol. The number of pyridine rings is 2. The van der Waals surface area contributed by atoms with E-state index in [9.17, 15) is 0 Å². The number of hydrogen-bond acceptors (Lipinski definition) is 6. The number of hydrogen-bond donors (Lipinski definition) is 1. The van der Waals surface area contributed by atoms with E-state index in [4.69, 9.17) is 5.26 Å². The van der Waals surface area contributed by atoms with Crippen LogP contribution in [-0.4, -0.2) is 47.6 Å². The van der Waals surface area contributed by atoms with E-state index in [2.05, 4.69) is 44.1 Å². The van der Waals surface area contributed by atoms with Crippen LogP contribution < -0.4 is 10.2 Å². The van der Waals surface area contributed by atoms with Gasteiger partial charge in [-0.05, 0) is 36.4 Å². The van der Waals surface area contributed by atoms with Crippen LogP contribution in [0.1, 0.15) is 18.1 Å². The van der Waals surface area contributed by atoms with Gasteiger partial charge in [-0.3, -0.25) is 0 Å². The molecule has 1 saturated heterocycles. The molecule has 24 heavy (non-hydrogen) atoms. The zero-order valence-electron chi connectivity index (χ0n) is 13.9. The molecule has 0 saturated carbocycles. The minimum atomic E-state index is 0.558. The first-order valence-electron chi connectivity index (χ1n) is 8.31. The van der Waals surface area contributed by atoms with E-state index in [-0.39, 0.29) is 0 Å². The lowest BCUT2D eigenvalue weighted by Crippen LogP contribution is -2.46. The summed E-state index contributed by atoms with van der Waals surface area (Å²) in [5, 5.41) is 12.4. The van der Waals surface area contributed by atoms with Crippen LogP contribution in [0.25, 0.3) is 0 Å². The smallest absolute Gasteiger partial charge is 0.144 e. The normalized spacial score (nSPS) is 15.1. The van der Waals surface area contributed by atoms with Crippen molar-refractivity contribution < 1.29 is 0 Å². The molecule has 6 nitrogen and oxygen atoms in total. The van der Waals surface area contributed by atoms with Gasteiger partial charge in [0.15, 0.2) is 0 Å². The molecule has 3 rings (SSSR count). The molecular formula is C18H22N6. The molecule has 0 bridgehead atoms. The number of anilines is 2. The summed E-state index contributed by atoms with van der Waals surface area (Å²) < 4.78 is 0. The molecule has 0 aromatic carbocycles. The van der Waals surface area contributed by atoms with Gasteiger partial charge in [-0.2, -0.15) is 5.26 Å². The van der Waals surface area contributed by atoms with Crippen molar-refractivity contribution in [2.75, 3.05) is 42.9 Å². The molecule has 1 N–H and O–H groups in total. The summed E-state index contributed by atoms with van der Waals surface area (Å²) in [6, 6.07) is 9.80. The second-order valence-electron chi connectivity index (χ2n) is 5.81. The van der Waals surface area contributed by atoms with Gasteiger partial charge in [-0.25, -0.2) is 9.97 Å². The van der Waals surface area contributed by atoms with Gasteiger partial charge in [0.05, 0.1) is 5.56 Å². The minimum absolute atomic E-state index is 0.558. The van der Waals surface area contributed by atoms with E-state index < -0.39 is 0 Å². The van der Waals surface area contributed by atoms with Crippen LogP contribution >= 0.6 is 0 Å². The van der Waals surface area contributed by atoms with Crippen LogP contribution in [0.4, 0.5) is 11.6 Å². The Morgan fingerprint density at radius 3 is 2.75 bits per heavy atom. The van der Waals surface area contributed by atoms with E-state index in [0.29, 0.717) is 17.9 Å². The van der Waals surface area contributed by atoms with Crippen molar-refractivity contribution in [2.24, 2.45) is 0 Å². The van der Waals surface area contributed by atoms with E-state index in [0.717, 1.165) is 44.1 Å². The Hall–Kier alpha value is -2.65. The standard InChI is InChI=1S/C18H22N6/c1-2-23-8-10-24(11-9-23)17-12-15(5-7-20-17)14-22-18-16(13-19)4-3-6-21-18/h3-7,12H,2,8-11,14H2,1H3,(H,21,22). The van der Waals surface area contributed by atoms with Gasteiger partial charge in [0, 0.05) is 45.1 Å². The highest BCUT2D eigenvalue weighted by molar-refractivity contribution is 5.52. The highest BCUT2D eigenvalue weighted by atomic mass is 15.3. The lowest BCUT2D eigenvalue weighted by atomic mass is 10.2. The number of likely N-dealkylation sites (N-methyl/N-ethyl adjacent to an activating group) is 1. The van der Waals surface area contributed by atoms with Crippen molar-refractivity contribution >= 4 is 11.6 Å². The summed E-state index contributed by atoms with van der Waals surface area (Å²) in [7, 11) is 0. The first kappa shape index (κ1) is 16.2. The molecule has 1 fully saturated rings. The number of nitrogens with zero attached hydrogens (tertiary/aromatic N) is 5. The maximum atomic E-state index is 9.12. The number of piperazine rings is 1. The Morgan fingerprint density at radius 1 is 1.17 bits per heavy atom. The third-order valence-corrected chi connectivity index (χ3v) is 4.34. The van der Waals surface area contributed by atoms with Crippen molar-refractivity contribution in [3.8, 4) is 6.07 Å². The van der Waals surface area contributed by atoms with Crippen LogP contribution in [0.3, 0.4) is 0 Å². The summed E-state index contributed by atoms with van der Waals surface area (Å²) in [5.41, 5.74) is 1.69. The molecule has 0 amide bonds. The summed E-state index contributed by atoms with van der Waals surface area (Å²) in [5.74, 6) is 1.64. The molecule has 6 heteroatoms. The van der Waals surface area contributed by atoms with Crippen molar-refractivity contribution in [1.29, 1.82) is 5.26 Å². The van der Waals surface area contributed by atoms with Crippen molar-refractivity contribution in [3.05, 3.63) is 47.8 Å². The Morgan fingerprint density at radius 2 is 2.00 bits per heavy atom. The average Bonchev–Trinajstić information content (AvgIpc) is 2.67. The van der Waals surface area contributed by atoms with Crippen molar-refractivity contribution in [2.45, 2.75) is 13.5 Å². The molecule has 0 atom stereocenters. The third-order valence-electron chi connectivity index (χ3n) is 4.34. The maximum Gasteiger partial charge on any atom is 0.144 e. The monoisotopic (exact) mass is 322 g/mol. The van der Waals surface area contributed by atoms with Crippen LogP contribution in [0.5, 0.6) is 0 Å². The SMILES string of the molecule is CCN1CCN(c2cc(CNc3ncccc3C#N)ccn2)CC1. The Labute approximate surface area is 142 Å². The lowest BCUT2D eigenvalue weighted by molar-refractivity contribution is 0.270. The van der Waals surface area contributed by atoms with E-state index in [1.54, 1.807) is 18.3 Å². The fourth-order valence-corrected chi connectivity index (χ4v) is 2.86. The van der Waals surface area contributed by atoms with Crippen LogP contribution in [-0.2, 0) is 6.54 Å². The number of rotatable bonds is 5. The highest BCUT2D eigenvalue weighted by Gasteiger charge is 2.16. The summed E-state index contributed by atoms with van der Waals surface area (Å²) in [6.45, 7) is 8.12. The molecule has 3 heterocycles. The Balaban J connectivity index is 1.64. The number of aromatic nitrogens is 2. The average molecular weight is 322 g/mol. The Kier molecular flexibility index (Phi) is 5.24. The number of nitriles is 1. The minimum Gasteiger partial charge on any atom is -0.365 e. The van der Waals surface area contributed by atoms with Gasteiger partial charge in [0.2, 0.25) is 0 Å². The first-order valence-corrected chi connectivity index (χ1v) is 8.31. The van der Waals surface area contributed by atoms with E-state index in [1.807, 2.05) is 12.3 Å². The topological polar surface area (TPSA) is 68.1 Å². The quantitative estimate of drug-likeness (QED) is 0.909. The molecule has 0 spiro atoms. The highest BCUT2D eigenvalue weighted by Crippen LogP contribution is 2.17. The van der Waals surface area contributed by atoms with Gasteiger partial charge in [-0.1, -0.05) is 6.92 Å². The van der Waals surface area contributed by atoms with Crippen LogP contribution in [0.15, 0.2) is 36.7 Å². The molecule has 2 aromatic heterocycles. The molecule has 1 aliphatic rings.